The van der Waals surface area contributed by atoms with Crippen LogP contribution in [0.2, 0.25) is 0 Å². The van der Waals surface area contributed by atoms with Gasteiger partial charge in [-0.25, -0.2) is 0 Å². The van der Waals surface area contributed by atoms with Gasteiger partial charge < -0.3 is 51.9 Å². The summed E-state index contributed by atoms with van der Waals surface area (Å²) in [5.41, 5.74) is 6.64. The summed E-state index contributed by atoms with van der Waals surface area (Å²) in [7, 11) is 11.4. The van der Waals surface area contributed by atoms with Gasteiger partial charge in [-0.05, 0) is 37.2 Å². The molecule has 0 radical (unpaired) electrons. The van der Waals surface area contributed by atoms with Crippen LogP contribution < -0.4 is 43.0 Å². The molecule has 0 spiro atoms. The summed E-state index contributed by atoms with van der Waals surface area (Å²) >= 11 is 0. The van der Waals surface area contributed by atoms with Crippen molar-refractivity contribution < 1.29 is 51.9 Å². The molecule has 0 amide bonds. The van der Waals surface area contributed by atoms with Crippen LogP contribution in [0.15, 0.2) is 24.3 Å². The van der Waals surface area contributed by atoms with Crippen molar-refractivity contribution in [1.29, 1.82) is 0 Å². The Morgan fingerprint density at radius 3 is 1.51 bits per heavy atom. The minimum absolute atomic E-state index is 0. The van der Waals surface area contributed by atoms with Crippen molar-refractivity contribution in [3.05, 3.63) is 35.4 Å². The molecule has 1 saturated heterocycles. The Labute approximate surface area is 239 Å². The van der Waals surface area contributed by atoms with Crippen LogP contribution in [0.25, 0.3) is 0 Å². The van der Waals surface area contributed by atoms with E-state index in [9.17, 15) is 0 Å². The first-order valence-corrected chi connectivity index (χ1v) is 13.3. The Morgan fingerprint density at radius 2 is 1.26 bits per heavy atom. The average Bonchev–Trinajstić information content (AvgIpc) is 3.06. The van der Waals surface area contributed by atoms with Crippen molar-refractivity contribution in [2.24, 2.45) is 17.8 Å². The molecule has 1 aliphatic rings. The average molecular weight is 557 g/mol. The van der Waals surface area contributed by atoms with E-state index in [2.05, 4.69) is 107 Å². The second-order valence-corrected chi connectivity index (χ2v) is 11.9. The maximum atomic E-state index is 3.76. The van der Waals surface area contributed by atoms with E-state index in [0.717, 1.165) is 35.3 Å². The second kappa shape index (κ2) is 21.0. The molecule has 0 aromatic heterocycles. The molecule has 0 bridgehead atoms. The van der Waals surface area contributed by atoms with Gasteiger partial charge in [-0.15, -0.1) is 0 Å². The largest absolute Gasteiger partial charge is 1.00 e. The number of quaternary nitrogens is 3. The van der Waals surface area contributed by atoms with Crippen molar-refractivity contribution in [1.82, 2.24) is 0 Å². The predicted molar refractivity (Wildman–Crippen MR) is 143 cm³/mol. The van der Waals surface area contributed by atoms with Crippen molar-refractivity contribution in [3.8, 4) is 0 Å². The smallest absolute Gasteiger partial charge is 0.104 e. The van der Waals surface area contributed by atoms with Crippen LogP contribution in [0.4, 0.5) is 0 Å². The zero-order valence-corrected chi connectivity index (χ0v) is 27.3. The summed E-state index contributed by atoms with van der Waals surface area (Å²) in [4.78, 5) is 0. The molecule has 0 saturated carbocycles. The van der Waals surface area contributed by atoms with Gasteiger partial charge >= 0.3 is 0 Å². The minimum atomic E-state index is 0. The molecule has 2 rings (SSSR count). The molecule has 6 heteroatoms. The summed E-state index contributed by atoms with van der Waals surface area (Å²) < 4.78 is 2.24. The van der Waals surface area contributed by atoms with Crippen LogP contribution in [-0.2, 0) is 6.54 Å². The van der Waals surface area contributed by atoms with Gasteiger partial charge in [0.15, 0.2) is 0 Å². The van der Waals surface area contributed by atoms with E-state index < -0.39 is 0 Å². The van der Waals surface area contributed by atoms with Crippen LogP contribution in [0.1, 0.15) is 84.3 Å². The lowest BCUT2D eigenvalue weighted by molar-refractivity contribution is -0.884. The number of hydrogen-bond acceptors (Lipinski definition) is 0. The maximum Gasteiger partial charge on any atom is 0.104 e. The Bertz CT molecular complexity index is 582. The third kappa shape index (κ3) is 18.8. The van der Waals surface area contributed by atoms with Gasteiger partial charge in [0.1, 0.15) is 6.54 Å². The Morgan fingerprint density at radius 1 is 0.829 bits per heavy atom. The molecule has 1 aromatic rings. The molecular weight excluding hydrogens is 497 g/mol. The lowest BCUT2D eigenvalue weighted by Gasteiger charge is -2.24. The van der Waals surface area contributed by atoms with E-state index in [1.807, 2.05) is 0 Å². The number of halogens is 3. The number of likely N-dealkylation sites (tertiary alicyclic amines) is 1. The highest BCUT2D eigenvalue weighted by Crippen LogP contribution is 2.31. The van der Waals surface area contributed by atoms with Gasteiger partial charge in [-0.1, -0.05) is 65.8 Å². The van der Waals surface area contributed by atoms with E-state index >= 15 is 0 Å². The fourth-order valence-electron chi connectivity index (χ4n) is 4.51. The van der Waals surface area contributed by atoms with Crippen LogP contribution in [0.3, 0.4) is 0 Å². The van der Waals surface area contributed by atoms with Crippen molar-refractivity contribution in [2.75, 3.05) is 54.9 Å². The molecule has 1 fully saturated rings. The van der Waals surface area contributed by atoms with E-state index in [-0.39, 0.29) is 37.2 Å². The molecule has 4 unspecified atom stereocenters. The zero-order valence-electron chi connectivity index (χ0n) is 25.0. The highest BCUT2D eigenvalue weighted by molar-refractivity contribution is 5.24. The summed E-state index contributed by atoms with van der Waals surface area (Å²) in [6.07, 6.45) is 5.23. The van der Waals surface area contributed by atoms with E-state index in [4.69, 9.17) is 0 Å². The van der Waals surface area contributed by atoms with Crippen molar-refractivity contribution in [2.45, 2.75) is 79.7 Å². The molecule has 1 aliphatic heterocycles. The van der Waals surface area contributed by atoms with E-state index in [0.29, 0.717) is 5.92 Å². The van der Waals surface area contributed by atoms with Crippen LogP contribution in [0, 0.1) is 17.8 Å². The first kappa shape index (κ1) is 42.1. The number of rotatable bonds is 8. The van der Waals surface area contributed by atoms with Crippen LogP contribution in [0.5, 0.6) is 0 Å². The normalized spacial score (nSPS) is 19.8. The van der Waals surface area contributed by atoms with Crippen molar-refractivity contribution in [3.63, 3.8) is 0 Å². The van der Waals surface area contributed by atoms with Gasteiger partial charge in [-0.3, -0.25) is 0 Å². The van der Waals surface area contributed by atoms with E-state index in [1.165, 1.54) is 54.4 Å². The van der Waals surface area contributed by atoms with Crippen LogP contribution >= 0.6 is 0 Å². The van der Waals surface area contributed by atoms with Gasteiger partial charge in [0.05, 0.1) is 54.9 Å². The fraction of sp³-hybridized carbons (Fsp3) is 0.793. The monoisotopic (exact) mass is 555 g/mol. The Kier molecular flexibility index (Phi) is 25.2. The molecular formula is C29H60Cl3N3. The molecule has 3 nitrogen and oxygen atoms in total. The lowest BCUT2D eigenvalue weighted by atomic mass is 9.92. The predicted octanol–water partition coefficient (Wildman–Crippen LogP) is -3.18. The molecule has 212 valence electrons. The molecule has 4 atom stereocenters. The molecule has 3 N–H and O–H groups in total. The van der Waals surface area contributed by atoms with Gasteiger partial charge in [0.25, 0.3) is 0 Å². The highest BCUT2D eigenvalue weighted by atomic mass is 35.5. The maximum absolute atomic E-state index is 3.76. The third-order valence-electron chi connectivity index (χ3n) is 7.18. The summed E-state index contributed by atoms with van der Waals surface area (Å²) in [5.74, 6) is 3.50. The van der Waals surface area contributed by atoms with Crippen molar-refractivity contribution >= 4 is 0 Å². The topological polar surface area (TPSA) is 27.6 Å². The van der Waals surface area contributed by atoms with Gasteiger partial charge in [0.2, 0.25) is 0 Å². The lowest BCUT2D eigenvalue weighted by Crippen LogP contribution is -3.00. The Balaban J connectivity index is -0.000000214. The minimum Gasteiger partial charge on any atom is -1.00 e. The first-order chi connectivity index (χ1) is 14.8. The number of nitrogens with zero attached hydrogens (tertiary/aromatic N) is 2. The standard InChI is InChI=1S/C14H24N.C10H22N.C5H13N.3ClH/c1-6-12(2)14-9-7-13(8-10-14)11-15(3,4)5;1-5-9-7-11(3,4)8-10(9)6-2;1-3-5(2)4-6;;;/h7-10,12H,6,11H2,1-5H3;9-10H,5-8H2,1-4H3;5H,3-4,6H2,1-2H3;3*1H/q2*+1;;;;/p-2. The third-order valence-corrected chi connectivity index (χ3v) is 7.18. The molecule has 35 heavy (non-hydrogen) atoms. The number of hydrogen-bond donors (Lipinski definition) is 1. The second-order valence-electron chi connectivity index (χ2n) is 11.9. The highest BCUT2D eigenvalue weighted by Gasteiger charge is 2.37. The van der Waals surface area contributed by atoms with Gasteiger partial charge in [0, 0.05) is 23.3 Å². The van der Waals surface area contributed by atoms with Gasteiger partial charge in [-0.2, -0.15) is 0 Å². The number of benzene rings is 1. The fourth-order valence-corrected chi connectivity index (χ4v) is 4.51. The SMILES string of the molecule is CCC(C)C[NH3+].CCC(C)c1ccc(C[N+](C)(C)C)cc1.CCC1C[N+](C)(C)CC1CC.[Cl-].[Cl-].[Cl-]. The Hall–Kier alpha value is -0.0300. The van der Waals surface area contributed by atoms with E-state index in [1.54, 1.807) is 0 Å². The molecule has 1 aromatic carbocycles. The summed E-state index contributed by atoms with van der Waals surface area (Å²) in [6, 6.07) is 9.09. The molecule has 0 aliphatic carbocycles. The van der Waals surface area contributed by atoms with Crippen LogP contribution in [-0.4, -0.2) is 63.8 Å². The quantitative estimate of drug-likeness (QED) is 0.327. The first-order valence-electron chi connectivity index (χ1n) is 13.3. The zero-order chi connectivity index (χ0) is 24.9. The molecule has 1 heterocycles. The summed E-state index contributed by atoms with van der Waals surface area (Å²) in [5, 5.41) is 0. The summed E-state index contributed by atoms with van der Waals surface area (Å²) in [6.45, 7) is 18.6.